The molecule has 0 unspecified atom stereocenters. The van der Waals surface area contributed by atoms with Gasteiger partial charge in [-0.1, -0.05) is 12.2 Å². The third-order valence-corrected chi connectivity index (χ3v) is 3.02. The summed E-state index contributed by atoms with van der Waals surface area (Å²) in [6.45, 7) is 4.54. The highest BCUT2D eigenvalue weighted by Crippen LogP contribution is 2.20. The maximum atomic E-state index is 5.77. The number of hydrogen-bond donors (Lipinski definition) is 2. The average molecular weight is 275 g/mol. The summed E-state index contributed by atoms with van der Waals surface area (Å²) >= 11 is 5.10. The fraction of sp³-hybridized carbons (Fsp3) is 0.308. The van der Waals surface area contributed by atoms with E-state index in [4.69, 9.17) is 18.0 Å². The van der Waals surface area contributed by atoms with Crippen molar-refractivity contribution >= 4 is 22.9 Å². The Hall–Kier alpha value is -1.95. The molecule has 5 nitrogen and oxygen atoms in total. The molecule has 0 aliphatic carbocycles. The van der Waals surface area contributed by atoms with Gasteiger partial charge >= 0.3 is 0 Å². The first-order valence-corrected chi connectivity index (χ1v) is 6.37. The molecule has 0 saturated heterocycles. The topological polar surface area (TPSA) is 68.8 Å². The Balaban J connectivity index is 2.26. The summed E-state index contributed by atoms with van der Waals surface area (Å²) in [5, 5.41) is 7.48. The van der Waals surface area contributed by atoms with Gasteiger partial charge in [0.2, 0.25) is 0 Å². The smallest absolute Gasteiger partial charge is 0.107 e. The molecule has 2 heterocycles. The van der Waals surface area contributed by atoms with Crippen molar-refractivity contribution in [2.45, 2.75) is 20.4 Å². The van der Waals surface area contributed by atoms with Crippen LogP contribution in [0.1, 0.15) is 22.5 Å². The minimum atomic E-state index is 0.360. The highest BCUT2D eigenvalue weighted by Gasteiger charge is 2.11. The molecule has 3 N–H and O–H groups in total. The van der Waals surface area contributed by atoms with Crippen LogP contribution in [0.15, 0.2) is 18.5 Å². The van der Waals surface area contributed by atoms with Gasteiger partial charge in [0.05, 0.1) is 11.8 Å². The van der Waals surface area contributed by atoms with Crippen LogP contribution in [0.2, 0.25) is 0 Å². The molecule has 0 atom stereocenters. The number of aromatic nitrogens is 3. The minimum Gasteiger partial charge on any atom is -0.389 e. The SMILES string of the molecule is Cc1cc(NCc2cnn(C)c2)c(C(N)=S)c(C)n1. The van der Waals surface area contributed by atoms with Gasteiger partial charge in [0.15, 0.2) is 0 Å². The van der Waals surface area contributed by atoms with E-state index in [9.17, 15) is 0 Å². The highest BCUT2D eigenvalue weighted by molar-refractivity contribution is 7.80. The fourth-order valence-electron chi connectivity index (χ4n) is 2.04. The van der Waals surface area contributed by atoms with Gasteiger partial charge in [-0.25, -0.2) is 0 Å². The molecule has 2 aromatic rings. The van der Waals surface area contributed by atoms with E-state index in [-0.39, 0.29) is 0 Å². The normalized spacial score (nSPS) is 10.5. The summed E-state index contributed by atoms with van der Waals surface area (Å²) < 4.78 is 1.77. The van der Waals surface area contributed by atoms with Crippen LogP contribution in [0.3, 0.4) is 0 Å². The van der Waals surface area contributed by atoms with Gasteiger partial charge in [0, 0.05) is 42.4 Å². The summed E-state index contributed by atoms with van der Waals surface area (Å²) in [4.78, 5) is 4.75. The van der Waals surface area contributed by atoms with E-state index in [1.54, 1.807) is 4.68 Å². The first-order chi connectivity index (χ1) is 8.97. The fourth-order valence-corrected chi connectivity index (χ4v) is 2.30. The molecule has 0 amide bonds. The molecular weight excluding hydrogens is 258 g/mol. The summed E-state index contributed by atoms with van der Waals surface area (Å²) in [6.07, 6.45) is 3.79. The van der Waals surface area contributed by atoms with E-state index in [1.807, 2.05) is 39.4 Å². The lowest BCUT2D eigenvalue weighted by molar-refractivity contribution is 0.767. The second-order valence-corrected chi connectivity index (χ2v) is 4.95. The zero-order chi connectivity index (χ0) is 14.0. The van der Waals surface area contributed by atoms with Crippen LogP contribution in [0.25, 0.3) is 0 Å². The molecule has 2 rings (SSSR count). The first kappa shape index (κ1) is 13.5. The zero-order valence-corrected chi connectivity index (χ0v) is 12.1. The Morgan fingerprint density at radius 3 is 2.79 bits per heavy atom. The van der Waals surface area contributed by atoms with Gasteiger partial charge in [0.1, 0.15) is 4.99 Å². The Labute approximate surface area is 117 Å². The number of aryl methyl sites for hydroxylation is 3. The van der Waals surface area contributed by atoms with Crippen molar-refractivity contribution in [3.8, 4) is 0 Å². The number of rotatable bonds is 4. The van der Waals surface area contributed by atoms with Crippen molar-refractivity contribution in [2.24, 2.45) is 12.8 Å². The van der Waals surface area contributed by atoms with E-state index < -0.39 is 0 Å². The van der Waals surface area contributed by atoms with Gasteiger partial charge in [-0.05, 0) is 19.9 Å². The third kappa shape index (κ3) is 3.08. The molecular formula is C13H17N5S. The molecule has 0 aromatic carbocycles. The van der Waals surface area contributed by atoms with Crippen LogP contribution in [-0.2, 0) is 13.6 Å². The van der Waals surface area contributed by atoms with Crippen LogP contribution in [0.4, 0.5) is 5.69 Å². The Morgan fingerprint density at radius 1 is 1.47 bits per heavy atom. The lowest BCUT2D eigenvalue weighted by atomic mass is 10.1. The summed E-state index contributed by atoms with van der Waals surface area (Å²) in [6, 6.07) is 1.96. The molecule has 0 fully saturated rings. The number of hydrogen-bond acceptors (Lipinski definition) is 4. The number of anilines is 1. The predicted molar refractivity (Wildman–Crippen MR) is 80.1 cm³/mol. The molecule has 0 aliphatic heterocycles. The summed E-state index contributed by atoms with van der Waals surface area (Å²) in [5.74, 6) is 0. The van der Waals surface area contributed by atoms with Crippen LogP contribution in [-0.4, -0.2) is 19.8 Å². The molecule has 0 bridgehead atoms. The molecule has 0 aliphatic rings. The van der Waals surface area contributed by atoms with E-state index in [1.165, 1.54) is 0 Å². The molecule has 19 heavy (non-hydrogen) atoms. The van der Waals surface area contributed by atoms with E-state index in [0.29, 0.717) is 11.5 Å². The van der Waals surface area contributed by atoms with E-state index in [0.717, 1.165) is 28.2 Å². The standard InChI is InChI=1S/C13H17N5S/c1-8-4-11(12(13(14)19)9(2)17-8)15-5-10-6-16-18(3)7-10/h4,6-7H,5H2,1-3H3,(H2,14,19)(H,15,17). The molecule has 0 spiro atoms. The maximum Gasteiger partial charge on any atom is 0.107 e. The average Bonchev–Trinajstić information content (AvgIpc) is 2.71. The molecule has 0 saturated carbocycles. The third-order valence-electron chi connectivity index (χ3n) is 2.82. The largest absolute Gasteiger partial charge is 0.389 e. The summed E-state index contributed by atoms with van der Waals surface area (Å²) in [7, 11) is 1.89. The van der Waals surface area contributed by atoms with Crippen molar-refractivity contribution < 1.29 is 0 Å². The van der Waals surface area contributed by atoms with Crippen LogP contribution in [0.5, 0.6) is 0 Å². The van der Waals surface area contributed by atoms with Crippen molar-refractivity contribution in [3.63, 3.8) is 0 Å². The molecule has 100 valence electrons. The zero-order valence-electron chi connectivity index (χ0n) is 11.3. The van der Waals surface area contributed by atoms with Crippen molar-refractivity contribution in [1.29, 1.82) is 0 Å². The number of nitrogens with two attached hydrogens (primary N) is 1. The van der Waals surface area contributed by atoms with Gasteiger partial charge in [-0.15, -0.1) is 0 Å². The van der Waals surface area contributed by atoms with Gasteiger partial charge in [-0.3, -0.25) is 9.67 Å². The van der Waals surface area contributed by atoms with Gasteiger partial charge in [0.25, 0.3) is 0 Å². The van der Waals surface area contributed by atoms with Crippen molar-refractivity contribution in [3.05, 3.63) is 41.0 Å². The first-order valence-electron chi connectivity index (χ1n) is 5.97. The number of nitrogens with zero attached hydrogens (tertiary/aromatic N) is 3. The van der Waals surface area contributed by atoms with Gasteiger partial charge < -0.3 is 11.1 Å². The second-order valence-electron chi connectivity index (χ2n) is 4.51. The molecule has 0 radical (unpaired) electrons. The van der Waals surface area contributed by atoms with Crippen molar-refractivity contribution in [1.82, 2.24) is 14.8 Å². The van der Waals surface area contributed by atoms with Crippen LogP contribution < -0.4 is 11.1 Å². The monoisotopic (exact) mass is 275 g/mol. The lowest BCUT2D eigenvalue weighted by Crippen LogP contribution is -2.16. The molecule has 2 aromatic heterocycles. The number of pyridine rings is 1. The van der Waals surface area contributed by atoms with Crippen LogP contribution in [0, 0.1) is 13.8 Å². The quantitative estimate of drug-likeness (QED) is 0.831. The maximum absolute atomic E-state index is 5.77. The van der Waals surface area contributed by atoms with E-state index >= 15 is 0 Å². The van der Waals surface area contributed by atoms with Crippen molar-refractivity contribution in [2.75, 3.05) is 5.32 Å². The highest BCUT2D eigenvalue weighted by atomic mass is 32.1. The lowest BCUT2D eigenvalue weighted by Gasteiger charge is -2.13. The Morgan fingerprint density at radius 2 is 2.21 bits per heavy atom. The summed E-state index contributed by atoms with van der Waals surface area (Å²) in [5.41, 5.74) is 10.4. The second kappa shape index (κ2) is 5.36. The minimum absolute atomic E-state index is 0.360. The Bertz CT molecular complexity index is 617. The predicted octanol–water partition coefficient (Wildman–Crippen LogP) is 1.68. The number of nitrogens with one attached hydrogen (secondary N) is 1. The van der Waals surface area contributed by atoms with E-state index in [2.05, 4.69) is 15.4 Å². The van der Waals surface area contributed by atoms with Crippen LogP contribution >= 0.6 is 12.2 Å². The Kier molecular flexibility index (Phi) is 3.80. The number of thiocarbonyl (C=S) groups is 1. The van der Waals surface area contributed by atoms with Gasteiger partial charge in [-0.2, -0.15) is 5.10 Å². The molecule has 6 heteroatoms.